The van der Waals surface area contributed by atoms with Gasteiger partial charge in [0.25, 0.3) is 11.6 Å². The lowest BCUT2D eigenvalue weighted by Gasteiger charge is -2.29. The number of amides is 1. The van der Waals surface area contributed by atoms with Crippen molar-refractivity contribution in [2.45, 2.75) is 19.4 Å². The summed E-state index contributed by atoms with van der Waals surface area (Å²) in [6, 6.07) is 6.44. The number of fused-ring (bicyclic) bond motifs is 1. The normalized spacial score (nSPS) is 19.6. The molecule has 2 atom stereocenters. The van der Waals surface area contributed by atoms with Gasteiger partial charge in [0, 0.05) is 29.0 Å². The quantitative estimate of drug-likeness (QED) is 0.644. The lowest BCUT2D eigenvalue weighted by atomic mass is 10.0. The van der Waals surface area contributed by atoms with Crippen molar-refractivity contribution in [1.29, 1.82) is 0 Å². The summed E-state index contributed by atoms with van der Waals surface area (Å²) in [6.07, 6.45) is 0.984. The molecule has 0 saturated carbocycles. The van der Waals surface area contributed by atoms with Gasteiger partial charge in [-0.05, 0) is 24.4 Å². The number of quaternary nitrogens is 1. The summed E-state index contributed by atoms with van der Waals surface area (Å²) < 4.78 is 0. The number of anilines is 1. The van der Waals surface area contributed by atoms with Crippen molar-refractivity contribution >= 4 is 40.2 Å². The predicted molar refractivity (Wildman–Crippen MR) is 93.9 cm³/mol. The van der Waals surface area contributed by atoms with E-state index in [1.807, 2.05) is 0 Å². The number of thiophene rings is 1. The maximum Gasteiger partial charge on any atom is 0.279 e. The molecule has 6 nitrogen and oxygen atoms in total. The minimum absolute atomic E-state index is 0.0988. The molecule has 126 valence electrons. The molecule has 24 heavy (non-hydrogen) atoms. The Labute approximate surface area is 148 Å². The maximum atomic E-state index is 12.3. The monoisotopic (exact) mass is 366 g/mol. The van der Waals surface area contributed by atoms with Crippen molar-refractivity contribution in [3.05, 3.63) is 55.2 Å². The Morgan fingerprint density at radius 3 is 3.00 bits per heavy atom. The average Bonchev–Trinajstić information content (AvgIpc) is 3.01. The molecule has 0 radical (unpaired) electrons. The number of nitrogens with zero attached hydrogens (tertiary/aromatic N) is 1. The minimum atomic E-state index is -0.518. The Kier molecular flexibility index (Phi) is 4.84. The highest BCUT2D eigenvalue weighted by molar-refractivity contribution is 7.10. The summed E-state index contributed by atoms with van der Waals surface area (Å²) in [7, 11) is 0. The molecule has 1 amide bonds. The van der Waals surface area contributed by atoms with Crippen LogP contribution in [0.5, 0.6) is 0 Å². The number of carbonyl (C=O) groups is 1. The molecule has 1 unspecified atom stereocenters. The zero-order chi connectivity index (χ0) is 17.3. The number of benzene rings is 1. The summed E-state index contributed by atoms with van der Waals surface area (Å²) in [5.41, 5.74) is 1.62. The number of non-ortho nitro benzene ring substituents is 1. The summed E-state index contributed by atoms with van der Waals surface area (Å²) in [6.45, 7) is 3.38. The number of rotatable bonds is 4. The summed E-state index contributed by atoms with van der Waals surface area (Å²) in [4.78, 5) is 25.1. The fraction of sp³-hybridized carbons (Fsp3) is 0.312. The van der Waals surface area contributed by atoms with Crippen LogP contribution in [0.4, 0.5) is 11.4 Å². The van der Waals surface area contributed by atoms with E-state index < -0.39 is 4.92 Å². The highest BCUT2D eigenvalue weighted by Gasteiger charge is 2.29. The molecule has 2 aromatic rings. The third kappa shape index (κ3) is 3.43. The Balaban J connectivity index is 1.65. The van der Waals surface area contributed by atoms with E-state index >= 15 is 0 Å². The molecule has 2 heterocycles. The molecule has 3 rings (SSSR count). The van der Waals surface area contributed by atoms with Gasteiger partial charge >= 0.3 is 0 Å². The Bertz CT molecular complexity index is 793. The van der Waals surface area contributed by atoms with Gasteiger partial charge in [0.2, 0.25) is 0 Å². The van der Waals surface area contributed by atoms with E-state index in [0.29, 0.717) is 12.2 Å². The molecule has 0 fully saturated rings. The second-order valence-corrected chi connectivity index (χ2v) is 7.23. The van der Waals surface area contributed by atoms with Crippen LogP contribution >= 0.6 is 22.9 Å². The summed E-state index contributed by atoms with van der Waals surface area (Å²) in [5, 5.41) is 15.7. The number of nitrogens with one attached hydrogen (secondary N) is 2. The van der Waals surface area contributed by atoms with Gasteiger partial charge in [-0.2, -0.15) is 0 Å². The smallest absolute Gasteiger partial charge is 0.279 e. The first-order valence-corrected chi connectivity index (χ1v) is 8.86. The van der Waals surface area contributed by atoms with E-state index in [1.165, 1.54) is 33.5 Å². The molecule has 1 aliphatic heterocycles. The Morgan fingerprint density at radius 2 is 2.29 bits per heavy atom. The number of hydrogen-bond donors (Lipinski definition) is 2. The van der Waals surface area contributed by atoms with Crippen LogP contribution in [-0.2, 0) is 11.2 Å². The summed E-state index contributed by atoms with van der Waals surface area (Å²) in [5.74, 6) is -0.147. The van der Waals surface area contributed by atoms with Gasteiger partial charge < -0.3 is 10.2 Å². The SMILES string of the molecule is C[C@@H]1c2ccsc2CC[NH+]1CC(=O)Nc1ccc([N+](=O)[O-])cc1Cl. The Hall–Kier alpha value is -1.96. The number of nitro groups is 1. The van der Waals surface area contributed by atoms with Crippen LogP contribution < -0.4 is 10.2 Å². The highest BCUT2D eigenvalue weighted by Crippen LogP contribution is 2.27. The second kappa shape index (κ2) is 6.88. The third-order valence-electron chi connectivity index (χ3n) is 4.36. The molecule has 1 aromatic heterocycles. The molecule has 1 aromatic carbocycles. The van der Waals surface area contributed by atoms with Crippen molar-refractivity contribution in [2.75, 3.05) is 18.4 Å². The van der Waals surface area contributed by atoms with Crippen LogP contribution in [0.15, 0.2) is 29.6 Å². The molecular weight excluding hydrogens is 350 g/mol. The Morgan fingerprint density at radius 1 is 1.50 bits per heavy atom. The largest absolute Gasteiger partial charge is 0.321 e. The van der Waals surface area contributed by atoms with Gasteiger partial charge in [-0.25, -0.2) is 0 Å². The van der Waals surface area contributed by atoms with E-state index in [0.717, 1.165) is 13.0 Å². The van der Waals surface area contributed by atoms with Gasteiger partial charge in [-0.3, -0.25) is 14.9 Å². The predicted octanol–water partition coefficient (Wildman–Crippen LogP) is 2.45. The van der Waals surface area contributed by atoms with E-state index in [2.05, 4.69) is 23.7 Å². The number of nitro benzene ring substituents is 1. The molecule has 0 saturated heterocycles. The number of hydrogen-bond acceptors (Lipinski definition) is 4. The molecule has 0 spiro atoms. The second-order valence-electron chi connectivity index (χ2n) is 5.83. The van der Waals surface area contributed by atoms with E-state index in [4.69, 9.17) is 11.6 Å². The minimum Gasteiger partial charge on any atom is -0.321 e. The first kappa shape index (κ1) is 16.9. The lowest BCUT2D eigenvalue weighted by Crippen LogP contribution is -3.14. The third-order valence-corrected chi connectivity index (χ3v) is 5.67. The van der Waals surface area contributed by atoms with Crippen LogP contribution in [0.1, 0.15) is 23.4 Å². The van der Waals surface area contributed by atoms with Crippen LogP contribution in [-0.4, -0.2) is 23.9 Å². The van der Waals surface area contributed by atoms with Crippen molar-refractivity contribution in [3.63, 3.8) is 0 Å². The van der Waals surface area contributed by atoms with Crippen molar-refractivity contribution < 1.29 is 14.6 Å². The standard InChI is InChI=1S/C16H16ClN3O3S/c1-10-12-5-7-24-15(12)4-6-19(10)9-16(21)18-14-3-2-11(20(22)23)8-13(14)17/h2-3,5,7-8,10H,4,6,9H2,1H3,(H,18,21)/p+1/t10-/m1/s1. The van der Waals surface area contributed by atoms with Gasteiger partial charge in [-0.1, -0.05) is 11.6 Å². The fourth-order valence-electron chi connectivity index (χ4n) is 3.01. The van der Waals surface area contributed by atoms with E-state index in [9.17, 15) is 14.9 Å². The van der Waals surface area contributed by atoms with Crippen molar-refractivity contribution in [1.82, 2.24) is 0 Å². The van der Waals surface area contributed by atoms with Crippen molar-refractivity contribution in [2.24, 2.45) is 0 Å². The van der Waals surface area contributed by atoms with Crippen LogP contribution in [0.25, 0.3) is 0 Å². The highest BCUT2D eigenvalue weighted by atomic mass is 35.5. The van der Waals surface area contributed by atoms with E-state index in [1.54, 1.807) is 11.3 Å². The average molecular weight is 367 g/mol. The number of halogens is 1. The van der Waals surface area contributed by atoms with Gasteiger partial charge in [-0.15, -0.1) is 11.3 Å². The lowest BCUT2D eigenvalue weighted by molar-refractivity contribution is -0.923. The zero-order valence-corrected chi connectivity index (χ0v) is 14.6. The number of carbonyl (C=O) groups excluding carboxylic acids is 1. The molecular formula is C16H17ClN3O3S+. The van der Waals surface area contributed by atoms with Crippen LogP contribution in [0.3, 0.4) is 0 Å². The molecule has 0 aliphatic carbocycles. The molecule has 1 aliphatic rings. The van der Waals surface area contributed by atoms with E-state index in [-0.39, 0.29) is 22.7 Å². The molecule has 8 heteroatoms. The summed E-state index contributed by atoms with van der Waals surface area (Å²) >= 11 is 7.79. The molecule has 2 N–H and O–H groups in total. The van der Waals surface area contributed by atoms with Gasteiger partial charge in [0.15, 0.2) is 6.54 Å². The van der Waals surface area contributed by atoms with Gasteiger partial charge in [0.05, 0.1) is 22.2 Å². The topological polar surface area (TPSA) is 76.7 Å². The maximum absolute atomic E-state index is 12.3. The van der Waals surface area contributed by atoms with Crippen LogP contribution in [0, 0.1) is 10.1 Å². The zero-order valence-electron chi connectivity index (χ0n) is 13.0. The van der Waals surface area contributed by atoms with Crippen LogP contribution in [0.2, 0.25) is 5.02 Å². The molecule has 0 bridgehead atoms. The first-order chi connectivity index (χ1) is 11.5. The van der Waals surface area contributed by atoms with Crippen molar-refractivity contribution in [3.8, 4) is 0 Å². The first-order valence-electron chi connectivity index (χ1n) is 7.60. The fourth-order valence-corrected chi connectivity index (χ4v) is 4.21. The van der Waals surface area contributed by atoms with Gasteiger partial charge in [0.1, 0.15) is 6.04 Å².